The first-order valence-electron chi connectivity index (χ1n) is 10.0. The number of aliphatic carboxylic acids is 1. The fraction of sp³-hybridized carbons (Fsp3) is 0.364. The maximum Gasteiger partial charge on any atom is 0.306 e. The number of benzene rings is 1. The van der Waals surface area contributed by atoms with E-state index in [4.69, 9.17) is 5.11 Å². The van der Waals surface area contributed by atoms with Gasteiger partial charge in [-0.15, -0.1) is 11.3 Å². The highest BCUT2D eigenvalue weighted by molar-refractivity contribution is 7.12. The van der Waals surface area contributed by atoms with Gasteiger partial charge in [0.15, 0.2) is 0 Å². The molecule has 1 aliphatic heterocycles. The highest BCUT2D eigenvalue weighted by Crippen LogP contribution is 2.17. The number of carbonyl (C=O) groups is 4. The molecule has 0 bridgehead atoms. The highest BCUT2D eigenvalue weighted by atomic mass is 32.1. The van der Waals surface area contributed by atoms with Gasteiger partial charge in [0.05, 0.1) is 17.3 Å². The number of nitrogens with one attached hydrogen (secondary N) is 1. The SMILES string of the molecule is CN(CC(=O)N1CCC(C(=O)O)CC1)C(=O)c1ccc(CNC(=O)c2cccs2)cc1. The minimum atomic E-state index is -0.825. The van der Waals surface area contributed by atoms with E-state index in [0.29, 0.717) is 42.9 Å². The minimum Gasteiger partial charge on any atom is -0.481 e. The van der Waals surface area contributed by atoms with Crippen LogP contribution in [0.25, 0.3) is 0 Å². The zero-order chi connectivity index (χ0) is 22.4. The van der Waals surface area contributed by atoms with Gasteiger partial charge in [-0.05, 0) is 42.0 Å². The highest BCUT2D eigenvalue weighted by Gasteiger charge is 2.28. The molecule has 164 valence electrons. The van der Waals surface area contributed by atoms with Crippen molar-refractivity contribution in [3.8, 4) is 0 Å². The molecule has 2 N–H and O–H groups in total. The summed E-state index contributed by atoms with van der Waals surface area (Å²) in [5.74, 6) is -1.83. The predicted octanol–water partition coefficient (Wildman–Crippen LogP) is 2.07. The van der Waals surface area contributed by atoms with Crippen molar-refractivity contribution in [2.45, 2.75) is 19.4 Å². The van der Waals surface area contributed by atoms with Crippen molar-refractivity contribution in [3.05, 3.63) is 57.8 Å². The summed E-state index contributed by atoms with van der Waals surface area (Å²) >= 11 is 1.37. The molecule has 1 fully saturated rings. The molecule has 0 unspecified atom stereocenters. The van der Waals surface area contributed by atoms with Crippen LogP contribution in [0.4, 0.5) is 0 Å². The first-order valence-corrected chi connectivity index (χ1v) is 10.9. The number of piperidine rings is 1. The Bertz CT molecular complexity index is 935. The van der Waals surface area contributed by atoms with Crippen molar-refractivity contribution in [1.29, 1.82) is 0 Å². The van der Waals surface area contributed by atoms with Gasteiger partial charge >= 0.3 is 5.97 Å². The maximum atomic E-state index is 12.6. The number of nitrogens with zero attached hydrogens (tertiary/aromatic N) is 2. The van der Waals surface area contributed by atoms with Crippen LogP contribution in [0.1, 0.15) is 38.4 Å². The van der Waals surface area contributed by atoms with Crippen molar-refractivity contribution < 1.29 is 24.3 Å². The molecule has 0 spiro atoms. The van der Waals surface area contributed by atoms with Gasteiger partial charge in [0.25, 0.3) is 11.8 Å². The van der Waals surface area contributed by atoms with Crippen molar-refractivity contribution in [1.82, 2.24) is 15.1 Å². The molecule has 1 saturated heterocycles. The first kappa shape index (κ1) is 22.5. The first-order chi connectivity index (χ1) is 14.8. The average molecular weight is 444 g/mol. The lowest BCUT2D eigenvalue weighted by Gasteiger charge is -2.31. The molecule has 0 aliphatic carbocycles. The van der Waals surface area contributed by atoms with Crippen LogP contribution in [-0.2, 0) is 16.1 Å². The summed E-state index contributed by atoms with van der Waals surface area (Å²) in [5.41, 5.74) is 1.31. The van der Waals surface area contributed by atoms with E-state index >= 15 is 0 Å². The lowest BCUT2D eigenvalue weighted by molar-refractivity contribution is -0.145. The minimum absolute atomic E-state index is 0.0603. The Labute approximate surface area is 184 Å². The number of likely N-dealkylation sites (N-methyl/N-ethyl adjacent to an activating group) is 1. The van der Waals surface area contributed by atoms with Gasteiger partial charge in [0, 0.05) is 32.2 Å². The molecule has 8 nitrogen and oxygen atoms in total. The van der Waals surface area contributed by atoms with Gasteiger partial charge in [0.2, 0.25) is 5.91 Å². The van der Waals surface area contributed by atoms with E-state index in [1.54, 1.807) is 42.3 Å². The fourth-order valence-corrected chi connectivity index (χ4v) is 4.05. The van der Waals surface area contributed by atoms with Crippen molar-refractivity contribution >= 4 is 35.0 Å². The van der Waals surface area contributed by atoms with E-state index in [1.807, 2.05) is 11.4 Å². The third-order valence-corrected chi connectivity index (χ3v) is 6.18. The Kier molecular flexibility index (Phi) is 7.41. The van der Waals surface area contributed by atoms with Crippen LogP contribution in [0.15, 0.2) is 41.8 Å². The zero-order valence-corrected chi connectivity index (χ0v) is 18.1. The fourth-order valence-electron chi connectivity index (χ4n) is 3.41. The summed E-state index contributed by atoms with van der Waals surface area (Å²) in [6.45, 7) is 1.08. The number of hydrogen-bond acceptors (Lipinski definition) is 5. The van der Waals surface area contributed by atoms with Crippen LogP contribution in [0.5, 0.6) is 0 Å². The number of amides is 3. The number of rotatable bonds is 7. The molecule has 9 heteroatoms. The molecule has 2 heterocycles. The topological polar surface area (TPSA) is 107 Å². The Morgan fingerprint density at radius 2 is 1.81 bits per heavy atom. The number of likely N-dealkylation sites (tertiary alicyclic amines) is 1. The summed E-state index contributed by atoms with van der Waals surface area (Å²) in [6, 6.07) is 10.5. The Hall–Kier alpha value is -3.20. The third kappa shape index (κ3) is 5.91. The maximum absolute atomic E-state index is 12.6. The lowest BCUT2D eigenvalue weighted by atomic mass is 9.97. The normalized spacial score (nSPS) is 14.2. The van der Waals surface area contributed by atoms with Crippen LogP contribution in [0, 0.1) is 5.92 Å². The molecule has 1 aromatic carbocycles. The molecular weight excluding hydrogens is 418 g/mol. The van der Waals surface area contributed by atoms with E-state index in [0.717, 1.165) is 5.56 Å². The van der Waals surface area contributed by atoms with Crippen LogP contribution in [0.2, 0.25) is 0 Å². The van der Waals surface area contributed by atoms with Crippen LogP contribution in [0.3, 0.4) is 0 Å². The number of carbonyl (C=O) groups excluding carboxylic acids is 3. The van der Waals surface area contributed by atoms with E-state index < -0.39 is 11.9 Å². The molecule has 0 saturated carbocycles. The van der Waals surface area contributed by atoms with Crippen LogP contribution < -0.4 is 5.32 Å². The van der Waals surface area contributed by atoms with Crippen molar-refractivity contribution in [2.24, 2.45) is 5.92 Å². The number of thiophene rings is 1. The molecule has 3 rings (SSSR count). The van der Waals surface area contributed by atoms with E-state index in [9.17, 15) is 19.2 Å². The summed E-state index contributed by atoms with van der Waals surface area (Å²) in [7, 11) is 1.57. The third-order valence-electron chi connectivity index (χ3n) is 5.31. The number of carboxylic acids is 1. The average Bonchev–Trinajstić information content (AvgIpc) is 3.32. The second kappa shape index (κ2) is 10.2. The number of carboxylic acid groups (broad SMARTS) is 1. The summed E-state index contributed by atoms with van der Waals surface area (Å²) in [6.07, 6.45) is 0.867. The zero-order valence-electron chi connectivity index (χ0n) is 17.2. The van der Waals surface area contributed by atoms with Gasteiger partial charge in [-0.3, -0.25) is 19.2 Å². The number of hydrogen-bond donors (Lipinski definition) is 2. The molecule has 1 aliphatic rings. The predicted molar refractivity (Wildman–Crippen MR) is 116 cm³/mol. The molecule has 0 atom stereocenters. The molecule has 0 radical (unpaired) electrons. The second-order valence-corrected chi connectivity index (χ2v) is 8.46. The van der Waals surface area contributed by atoms with Gasteiger partial charge < -0.3 is 20.2 Å². The standard InChI is InChI=1S/C22H25N3O5S/c1-24(14-19(26)25-10-8-17(9-11-25)22(29)30)21(28)16-6-4-15(5-7-16)13-23-20(27)18-3-2-12-31-18/h2-7,12,17H,8-11,13-14H2,1H3,(H,23,27)(H,29,30). The van der Waals surface area contributed by atoms with Crippen LogP contribution in [-0.4, -0.2) is 65.3 Å². The van der Waals surface area contributed by atoms with Crippen molar-refractivity contribution in [3.63, 3.8) is 0 Å². The summed E-state index contributed by atoms with van der Waals surface area (Å²) in [4.78, 5) is 51.8. The van der Waals surface area contributed by atoms with Gasteiger partial charge in [0.1, 0.15) is 0 Å². The van der Waals surface area contributed by atoms with Crippen molar-refractivity contribution in [2.75, 3.05) is 26.7 Å². The Morgan fingerprint density at radius 1 is 1.13 bits per heavy atom. The van der Waals surface area contributed by atoms with Gasteiger partial charge in [-0.25, -0.2) is 0 Å². The molecule has 31 heavy (non-hydrogen) atoms. The largest absolute Gasteiger partial charge is 0.481 e. The van der Waals surface area contributed by atoms with Gasteiger partial charge in [-0.2, -0.15) is 0 Å². The summed E-state index contributed by atoms with van der Waals surface area (Å²) < 4.78 is 0. The summed E-state index contributed by atoms with van der Waals surface area (Å²) in [5, 5.41) is 13.7. The Morgan fingerprint density at radius 3 is 2.39 bits per heavy atom. The van der Waals surface area contributed by atoms with Crippen LogP contribution >= 0.6 is 11.3 Å². The van der Waals surface area contributed by atoms with E-state index in [2.05, 4.69) is 5.32 Å². The molecular formula is C22H25N3O5S. The Balaban J connectivity index is 1.48. The quantitative estimate of drug-likeness (QED) is 0.681. The second-order valence-electron chi connectivity index (χ2n) is 7.51. The molecule has 2 aromatic rings. The monoisotopic (exact) mass is 443 g/mol. The molecule has 1 aromatic heterocycles. The smallest absolute Gasteiger partial charge is 0.306 e. The van der Waals surface area contributed by atoms with E-state index in [1.165, 1.54) is 16.2 Å². The van der Waals surface area contributed by atoms with Gasteiger partial charge in [-0.1, -0.05) is 18.2 Å². The lowest BCUT2D eigenvalue weighted by Crippen LogP contribution is -2.45. The molecule has 3 amide bonds. The van der Waals surface area contributed by atoms with E-state index in [-0.39, 0.29) is 24.3 Å².